The zero-order valence-electron chi connectivity index (χ0n) is 19.6. The van der Waals surface area contributed by atoms with Crippen LogP contribution in [-0.2, 0) is 38.0 Å². The third-order valence-corrected chi connectivity index (χ3v) is 2.52. The molecule has 30 heavy (non-hydrogen) atoms. The Balaban J connectivity index is -0.000000210. The third-order valence-electron chi connectivity index (χ3n) is 2.52. The summed E-state index contributed by atoms with van der Waals surface area (Å²) in [6.07, 6.45) is 6.15. The maximum atomic E-state index is 10.3. The van der Waals surface area contributed by atoms with E-state index in [-0.39, 0.29) is 169 Å². The fourth-order valence-corrected chi connectivity index (χ4v) is 1.40. The van der Waals surface area contributed by atoms with Crippen LogP contribution in [0.1, 0.15) is 7.85 Å². The monoisotopic (exact) mass is 508 g/mol. The van der Waals surface area contributed by atoms with Crippen LogP contribution in [0.15, 0.2) is 0 Å². The largest absolute Gasteiger partial charge is 1.00 e. The van der Waals surface area contributed by atoms with Crippen molar-refractivity contribution in [1.29, 1.82) is 0 Å². The average molecular weight is 509 g/mol. The summed E-state index contributed by atoms with van der Waals surface area (Å²) in [6, 6.07) is 0. The standard InChI is InChI=1S/C16H29NO7.CH2NO.3K.H/c1-2-4-19-6-8-21-10-12-23-14-15-24-13-11-22-9-7-20-5-3-16(17)18;2-1-3;;;;/h1H,3-15H2,(H2,17,18);(H2,2,3);;;;/q;-1;3*+1;-1/p-1. The molecule has 0 rings (SSSR count). The van der Waals surface area contributed by atoms with Crippen LogP contribution >= 0.6 is 0 Å². The van der Waals surface area contributed by atoms with Crippen LogP contribution in [0.5, 0.6) is 0 Å². The van der Waals surface area contributed by atoms with E-state index in [1.54, 1.807) is 0 Å². The molecular weight excluding hydrogens is 477 g/mol. The van der Waals surface area contributed by atoms with E-state index in [9.17, 15) is 4.79 Å². The molecule has 0 spiro atoms. The number of hydrogen-bond acceptors (Lipinski definition) is 8. The van der Waals surface area contributed by atoms with Crippen molar-refractivity contribution >= 4 is 12.3 Å². The molecule has 0 aromatic rings. The van der Waals surface area contributed by atoms with Crippen LogP contribution in [0.4, 0.5) is 0 Å². The van der Waals surface area contributed by atoms with Crippen LogP contribution in [-0.4, -0.2) is 91.6 Å². The minimum atomic E-state index is -0.618. The van der Waals surface area contributed by atoms with Crippen LogP contribution in [0.2, 0.25) is 0 Å². The Morgan fingerprint density at radius 3 is 1.30 bits per heavy atom. The second kappa shape index (κ2) is 42.3. The first-order valence-corrected chi connectivity index (χ1v) is 8.41. The molecule has 0 saturated heterocycles. The number of nitrogens with two attached hydrogens (primary N) is 1. The second-order valence-corrected chi connectivity index (χ2v) is 4.61. The Morgan fingerprint density at radius 2 is 1.03 bits per heavy atom. The minimum Gasteiger partial charge on any atom is -1.00 e. The van der Waals surface area contributed by atoms with Gasteiger partial charge in [0.05, 0.1) is 78.6 Å². The molecule has 160 valence electrons. The van der Waals surface area contributed by atoms with Gasteiger partial charge in [-0.25, -0.2) is 0 Å². The summed E-state index contributed by atoms with van der Waals surface area (Å²) >= 11 is 0. The number of carbonyl (C=O) groups is 1. The number of rotatable bonds is 19. The van der Waals surface area contributed by atoms with Gasteiger partial charge < -0.3 is 50.9 Å². The zero-order valence-corrected chi connectivity index (χ0v) is 28.0. The Labute approximate surface area is 309 Å². The first kappa shape index (κ1) is 43.3. The number of hydrogen-bond donors (Lipinski definition) is 1. The summed E-state index contributed by atoms with van der Waals surface area (Å²) in [6.45, 7) is 5.38. The number of ether oxygens (including phenoxy) is 6. The Morgan fingerprint density at radius 1 is 0.767 bits per heavy atom. The van der Waals surface area contributed by atoms with E-state index in [1.165, 1.54) is 0 Å². The van der Waals surface area contributed by atoms with Gasteiger partial charge in [0, 0.05) is 6.42 Å². The summed E-state index contributed by atoms with van der Waals surface area (Å²) in [5.74, 6) is 1.76. The van der Waals surface area contributed by atoms with Gasteiger partial charge in [0.2, 0.25) is 0 Å². The molecule has 0 bridgehead atoms. The Kier molecular flexibility index (Phi) is 61.0. The minimum absolute atomic E-state index is 0. The van der Waals surface area contributed by atoms with Crippen LogP contribution in [0, 0.1) is 12.3 Å². The summed E-state index contributed by atoms with van der Waals surface area (Å²) in [5, 5.41) is 0. The molecule has 13 heteroatoms. The van der Waals surface area contributed by atoms with E-state index in [0.29, 0.717) is 72.7 Å². The summed E-state index contributed by atoms with van der Waals surface area (Å²) in [5.41, 5.74) is 10.7. The van der Waals surface area contributed by atoms with E-state index in [1.807, 2.05) is 0 Å². The summed E-state index contributed by atoms with van der Waals surface area (Å²) in [4.78, 5) is 18.8. The van der Waals surface area contributed by atoms with Crippen LogP contribution in [0.25, 0.3) is 5.73 Å². The van der Waals surface area contributed by atoms with Crippen molar-refractivity contribution in [2.24, 2.45) is 5.73 Å². The molecule has 0 atom stereocenters. The Bertz CT molecular complexity index is 384. The predicted molar refractivity (Wildman–Crippen MR) is 98.7 cm³/mol. The van der Waals surface area contributed by atoms with Crippen molar-refractivity contribution in [2.75, 3.05) is 79.3 Å². The topological polar surface area (TPSA) is 139 Å². The number of primary amides is 1. The van der Waals surface area contributed by atoms with Gasteiger partial charge in [-0.3, -0.25) is 0 Å². The van der Waals surface area contributed by atoms with E-state index in [4.69, 9.17) is 45.4 Å². The van der Waals surface area contributed by atoms with Crippen molar-refractivity contribution < 1.29 is 194 Å². The average Bonchev–Trinajstić information content (AvgIpc) is 2.64. The molecule has 0 radical (unpaired) electrons. The summed E-state index contributed by atoms with van der Waals surface area (Å²) < 4.78 is 31.4. The zero-order chi connectivity index (χ0) is 20.4. The number of terminal acetylenes is 1. The molecule has 0 saturated carbocycles. The number of carbonyl (C=O) groups excluding carboxylic acids is 2. The normalized spacial score (nSPS) is 8.90. The molecule has 10 nitrogen and oxygen atoms in total. The maximum Gasteiger partial charge on any atom is 1.00 e. The van der Waals surface area contributed by atoms with Gasteiger partial charge in [0.1, 0.15) is 6.61 Å². The van der Waals surface area contributed by atoms with Gasteiger partial charge in [-0.15, -0.1) is 6.42 Å². The predicted octanol–water partition coefficient (Wildman–Crippen LogP) is -9.18. The molecule has 0 aromatic carbocycles. The molecule has 0 aliphatic rings. The fourth-order valence-electron chi connectivity index (χ4n) is 1.40. The molecular formula is C17H31K3N2O8. The molecule has 0 unspecified atom stereocenters. The first-order valence-electron chi connectivity index (χ1n) is 8.41. The van der Waals surface area contributed by atoms with E-state index in [2.05, 4.69) is 11.7 Å². The molecule has 2 amide bonds. The SMILES string of the molecule is C#CCOCCOCCOCCOCCOCCOCCC([NH-])=O.N[C-]=O.[H-].[K+].[K+].[K+]. The number of amides is 2. The van der Waals surface area contributed by atoms with Crippen LogP contribution < -0.4 is 160 Å². The van der Waals surface area contributed by atoms with E-state index in [0.717, 1.165) is 6.41 Å². The van der Waals surface area contributed by atoms with Crippen molar-refractivity contribution in [3.8, 4) is 12.3 Å². The molecule has 0 fully saturated rings. The van der Waals surface area contributed by atoms with Gasteiger partial charge in [0.15, 0.2) is 0 Å². The van der Waals surface area contributed by atoms with Gasteiger partial charge in [0.25, 0.3) is 0 Å². The van der Waals surface area contributed by atoms with Gasteiger partial charge >= 0.3 is 154 Å². The molecule has 3 N–H and O–H groups in total. The van der Waals surface area contributed by atoms with Crippen molar-refractivity contribution in [1.82, 2.24) is 0 Å². The number of nitrogens with one attached hydrogen (secondary N) is 1. The quantitative estimate of drug-likeness (QED) is 0.0597. The first-order chi connectivity index (χ1) is 13.2. The summed E-state index contributed by atoms with van der Waals surface area (Å²) in [7, 11) is 0. The molecule has 0 heterocycles. The van der Waals surface area contributed by atoms with E-state index < -0.39 is 5.91 Å². The van der Waals surface area contributed by atoms with Crippen molar-refractivity contribution in [3.63, 3.8) is 0 Å². The van der Waals surface area contributed by atoms with Crippen molar-refractivity contribution in [3.05, 3.63) is 5.73 Å². The van der Waals surface area contributed by atoms with Gasteiger partial charge in [-0.1, -0.05) is 5.92 Å². The smallest absolute Gasteiger partial charge is 1.00 e. The molecule has 0 aliphatic heterocycles. The molecule has 0 aliphatic carbocycles. The maximum absolute atomic E-state index is 10.3. The third kappa shape index (κ3) is 48.6. The van der Waals surface area contributed by atoms with Gasteiger partial charge in [-0.2, -0.15) is 6.41 Å². The van der Waals surface area contributed by atoms with Crippen molar-refractivity contribution in [2.45, 2.75) is 6.42 Å². The van der Waals surface area contributed by atoms with Crippen LogP contribution in [0.3, 0.4) is 0 Å². The van der Waals surface area contributed by atoms with E-state index >= 15 is 0 Å². The fraction of sp³-hybridized carbons (Fsp3) is 0.765. The Hall–Kier alpha value is 3.17. The second-order valence-electron chi connectivity index (χ2n) is 4.61. The molecule has 0 aromatic heterocycles. The van der Waals surface area contributed by atoms with Gasteiger partial charge in [-0.05, 0) is 0 Å².